The molecule has 2 aromatic rings. The lowest BCUT2D eigenvalue weighted by Crippen LogP contribution is -2.40. The molecule has 2 heterocycles. The van der Waals surface area contributed by atoms with Crippen molar-refractivity contribution in [3.8, 4) is 0 Å². The molecule has 0 saturated carbocycles. The number of rotatable bonds is 1. The molecular weight excluding hydrogens is 248 g/mol. The van der Waals surface area contributed by atoms with Gasteiger partial charge in [-0.15, -0.1) is 0 Å². The standard InChI is InChI=1S/C12H12N4O3/c13-6-1-3-9-8(5-6)15-12(19)16(9)11(18)7-2-4-10(17)14-7/h1,3,5,7H,2,4,13H2,(H,14,17)(H,15,19). The number of anilines is 1. The molecule has 1 aromatic carbocycles. The Morgan fingerprint density at radius 1 is 1.37 bits per heavy atom. The van der Waals surface area contributed by atoms with Crippen molar-refractivity contribution in [1.82, 2.24) is 14.9 Å². The summed E-state index contributed by atoms with van der Waals surface area (Å²) in [6.07, 6.45) is 0.714. The number of hydrogen-bond acceptors (Lipinski definition) is 4. The molecule has 19 heavy (non-hydrogen) atoms. The Balaban J connectivity index is 2.09. The largest absolute Gasteiger partial charge is 0.399 e. The second-order valence-electron chi connectivity index (χ2n) is 4.54. The van der Waals surface area contributed by atoms with Gasteiger partial charge in [-0.2, -0.15) is 0 Å². The highest BCUT2D eigenvalue weighted by molar-refractivity contribution is 5.97. The minimum absolute atomic E-state index is 0.171. The summed E-state index contributed by atoms with van der Waals surface area (Å²) in [5.41, 5.74) is 6.57. The number of nitrogen functional groups attached to an aromatic ring is 1. The highest BCUT2D eigenvalue weighted by atomic mass is 16.2. The summed E-state index contributed by atoms with van der Waals surface area (Å²) in [5.74, 6) is -0.595. The minimum Gasteiger partial charge on any atom is -0.399 e. The van der Waals surface area contributed by atoms with E-state index in [2.05, 4.69) is 10.3 Å². The van der Waals surface area contributed by atoms with Crippen LogP contribution in [0, 0.1) is 0 Å². The van der Waals surface area contributed by atoms with Gasteiger partial charge in [0.1, 0.15) is 6.04 Å². The highest BCUT2D eigenvalue weighted by Crippen LogP contribution is 2.16. The van der Waals surface area contributed by atoms with E-state index in [0.717, 1.165) is 4.57 Å². The second-order valence-corrected chi connectivity index (χ2v) is 4.54. The maximum absolute atomic E-state index is 12.3. The number of nitrogens with one attached hydrogen (secondary N) is 2. The van der Waals surface area contributed by atoms with E-state index >= 15 is 0 Å². The van der Waals surface area contributed by atoms with Gasteiger partial charge in [-0.05, 0) is 24.6 Å². The molecule has 0 spiro atoms. The monoisotopic (exact) mass is 260 g/mol. The summed E-state index contributed by atoms with van der Waals surface area (Å²) in [7, 11) is 0. The van der Waals surface area contributed by atoms with E-state index in [1.807, 2.05) is 0 Å². The molecule has 1 saturated heterocycles. The van der Waals surface area contributed by atoms with E-state index in [0.29, 0.717) is 29.6 Å². The van der Waals surface area contributed by atoms with Crippen molar-refractivity contribution in [2.24, 2.45) is 0 Å². The van der Waals surface area contributed by atoms with Crippen LogP contribution in [-0.2, 0) is 4.79 Å². The molecule has 0 bridgehead atoms. The predicted molar refractivity (Wildman–Crippen MR) is 68.8 cm³/mol. The number of hydrogen-bond donors (Lipinski definition) is 3. The van der Waals surface area contributed by atoms with Crippen LogP contribution in [0.3, 0.4) is 0 Å². The number of amides is 1. The van der Waals surface area contributed by atoms with E-state index in [1.54, 1.807) is 18.2 Å². The number of nitrogens with two attached hydrogens (primary N) is 1. The first kappa shape index (κ1) is 11.5. The second kappa shape index (κ2) is 3.98. The number of imidazole rings is 1. The van der Waals surface area contributed by atoms with Crippen LogP contribution >= 0.6 is 0 Å². The number of carbonyl (C=O) groups is 2. The molecule has 1 aromatic heterocycles. The number of nitrogens with zero attached hydrogens (tertiary/aromatic N) is 1. The van der Waals surface area contributed by atoms with Crippen LogP contribution in [0.2, 0.25) is 0 Å². The van der Waals surface area contributed by atoms with Crippen LogP contribution in [0.15, 0.2) is 23.0 Å². The van der Waals surface area contributed by atoms with Crippen molar-refractivity contribution in [2.45, 2.75) is 18.9 Å². The molecular formula is C12H12N4O3. The van der Waals surface area contributed by atoms with E-state index in [4.69, 9.17) is 5.73 Å². The van der Waals surface area contributed by atoms with Crippen LogP contribution in [0.4, 0.5) is 5.69 Å². The first-order valence-electron chi connectivity index (χ1n) is 5.90. The summed E-state index contributed by atoms with van der Waals surface area (Å²) in [6.45, 7) is 0. The molecule has 1 amide bonds. The van der Waals surface area contributed by atoms with E-state index in [9.17, 15) is 14.4 Å². The minimum atomic E-state index is -0.637. The average molecular weight is 260 g/mol. The predicted octanol–water partition coefficient (Wildman–Crippen LogP) is -0.169. The Morgan fingerprint density at radius 2 is 2.16 bits per heavy atom. The average Bonchev–Trinajstić information content (AvgIpc) is 2.91. The molecule has 0 radical (unpaired) electrons. The molecule has 3 rings (SSSR count). The molecule has 0 aliphatic carbocycles. The highest BCUT2D eigenvalue weighted by Gasteiger charge is 2.30. The van der Waals surface area contributed by atoms with Gasteiger partial charge in [-0.3, -0.25) is 9.59 Å². The number of H-pyrrole nitrogens is 1. The van der Waals surface area contributed by atoms with Gasteiger partial charge in [0.15, 0.2) is 0 Å². The molecule has 7 heteroatoms. The fourth-order valence-corrected chi connectivity index (χ4v) is 2.30. The normalized spacial score (nSPS) is 18.7. The maximum atomic E-state index is 12.3. The van der Waals surface area contributed by atoms with Crippen molar-refractivity contribution < 1.29 is 9.59 Å². The van der Waals surface area contributed by atoms with Gasteiger partial charge in [-0.25, -0.2) is 9.36 Å². The molecule has 1 aliphatic heterocycles. The van der Waals surface area contributed by atoms with Gasteiger partial charge >= 0.3 is 5.69 Å². The number of benzene rings is 1. The van der Waals surface area contributed by atoms with Crippen molar-refractivity contribution >= 4 is 28.5 Å². The Kier molecular flexibility index (Phi) is 2.41. The topological polar surface area (TPSA) is 110 Å². The van der Waals surface area contributed by atoms with Gasteiger partial charge in [0, 0.05) is 12.1 Å². The quantitative estimate of drug-likeness (QED) is 0.618. The van der Waals surface area contributed by atoms with E-state index in [1.165, 1.54) is 0 Å². The summed E-state index contributed by atoms with van der Waals surface area (Å²) in [6, 6.07) is 4.18. The van der Waals surface area contributed by atoms with Crippen LogP contribution in [0.1, 0.15) is 17.6 Å². The Hall–Kier alpha value is -2.57. The van der Waals surface area contributed by atoms with E-state index in [-0.39, 0.29) is 5.91 Å². The molecule has 1 unspecified atom stereocenters. The van der Waals surface area contributed by atoms with Gasteiger partial charge in [-0.1, -0.05) is 0 Å². The molecule has 1 atom stereocenters. The molecule has 1 fully saturated rings. The fraction of sp³-hybridized carbons (Fsp3) is 0.250. The molecule has 98 valence electrons. The lowest BCUT2D eigenvalue weighted by atomic mass is 10.2. The molecule has 1 aliphatic rings. The van der Waals surface area contributed by atoms with Gasteiger partial charge in [0.25, 0.3) is 5.91 Å². The summed E-state index contributed by atoms with van der Waals surface area (Å²) >= 11 is 0. The maximum Gasteiger partial charge on any atom is 0.333 e. The zero-order valence-electron chi connectivity index (χ0n) is 9.97. The Labute approximate surface area is 107 Å². The first-order chi connectivity index (χ1) is 9.06. The lowest BCUT2D eigenvalue weighted by Gasteiger charge is -2.09. The number of aromatic nitrogens is 2. The molecule has 7 nitrogen and oxygen atoms in total. The number of carbonyl (C=O) groups excluding carboxylic acids is 2. The van der Waals surface area contributed by atoms with Crippen LogP contribution < -0.4 is 16.7 Å². The van der Waals surface area contributed by atoms with Crippen molar-refractivity contribution in [2.75, 3.05) is 5.73 Å². The number of aromatic amines is 1. The Bertz CT molecular complexity index is 743. The lowest BCUT2D eigenvalue weighted by molar-refractivity contribution is -0.119. The van der Waals surface area contributed by atoms with Crippen molar-refractivity contribution in [3.63, 3.8) is 0 Å². The van der Waals surface area contributed by atoms with E-state index < -0.39 is 17.6 Å². The third-order valence-electron chi connectivity index (χ3n) is 3.22. The Morgan fingerprint density at radius 3 is 2.84 bits per heavy atom. The van der Waals surface area contributed by atoms with Gasteiger partial charge < -0.3 is 16.0 Å². The van der Waals surface area contributed by atoms with Crippen molar-refractivity contribution in [1.29, 1.82) is 0 Å². The SMILES string of the molecule is Nc1ccc2c(c1)[nH]c(=O)n2C(=O)C1CCC(=O)N1. The van der Waals surface area contributed by atoms with Crippen LogP contribution in [-0.4, -0.2) is 27.4 Å². The van der Waals surface area contributed by atoms with Gasteiger partial charge in [0.2, 0.25) is 5.91 Å². The molecule has 4 N–H and O–H groups in total. The summed E-state index contributed by atoms with van der Waals surface area (Å²) in [4.78, 5) is 37.9. The third kappa shape index (κ3) is 1.79. The zero-order valence-corrected chi connectivity index (χ0v) is 9.97. The summed E-state index contributed by atoms with van der Waals surface area (Å²) in [5, 5.41) is 2.56. The first-order valence-corrected chi connectivity index (χ1v) is 5.90. The van der Waals surface area contributed by atoms with Crippen LogP contribution in [0.5, 0.6) is 0 Å². The fourth-order valence-electron chi connectivity index (χ4n) is 2.30. The van der Waals surface area contributed by atoms with Gasteiger partial charge in [0.05, 0.1) is 11.0 Å². The third-order valence-corrected chi connectivity index (χ3v) is 3.22. The zero-order chi connectivity index (χ0) is 13.6. The van der Waals surface area contributed by atoms with Crippen LogP contribution in [0.25, 0.3) is 11.0 Å². The summed E-state index contributed by atoms with van der Waals surface area (Å²) < 4.78 is 1.05. The number of fused-ring (bicyclic) bond motifs is 1. The smallest absolute Gasteiger partial charge is 0.333 e. The van der Waals surface area contributed by atoms with Crippen molar-refractivity contribution in [3.05, 3.63) is 28.7 Å².